The average Bonchev–Trinajstić information content (AvgIpc) is 3.79. The van der Waals surface area contributed by atoms with Crippen LogP contribution in [0.2, 0.25) is 0 Å². The van der Waals surface area contributed by atoms with E-state index in [4.69, 9.17) is 0 Å². The predicted octanol–water partition coefficient (Wildman–Crippen LogP) is 4.26. The van der Waals surface area contributed by atoms with E-state index in [1.807, 2.05) is 18.2 Å². The maximum Gasteiger partial charge on any atom is 0.360 e. The number of hydrogen-bond donors (Lipinski definition) is 2. The van der Waals surface area contributed by atoms with E-state index in [-0.39, 0.29) is 24.5 Å². The Hall–Kier alpha value is -5.19. The van der Waals surface area contributed by atoms with Crippen molar-refractivity contribution in [2.75, 3.05) is 29.4 Å². The number of aromatic nitrogens is 2. The topological polar surface area (TPSA) is 155 Å². The Balaban J connectivity index is 1.13. The van der Waals surface area contributed by atoms with Crippen molar-refractivity contribution in [3.05, 3.63) is 78.5 Å². The van der Waals surface area contributed by atoms with E-state index in [1.165, 1.54) is 4.90 Å². The fraction of sp³-hybridized carbons (Fsp3) is 0.290. The van der Waals surface area contributed by atoms with Crippen LogP contribution in [0.4, 0.5) is 17.1 Å². The first-order chi connectivity index (χ1) is 20.9. The summed E-state index contributed by atoms with van der Waals surface area (Å²) in [5.74, 6) is -1.82. The number of carboxylic acid groups (broad SMARTS) is 1. The Kier molecular flexibility index (Phi) is 7.78. The van der Waals surface area contributed by atoms with Gasteiger partial charge in [0, 0.05) is 41.3 Å². The highest BCUT2D eigenvalue weighted by Gasteiger charge is 2.35. The lowest BCUT2D eigenvalue weighted by atomic mass is 10.1. The molecule has 2 amide bonds. The molecule has 12 nitrogen and oxygen atoms in total. The molecule has 218 valence electrons. The van der Waals surface area contributed by atoms with Crippen LogP contribution in [0.3, 0.4) is 0 Å². The van der Waals surface area contributed by atoms with Gasteiger partial charge in [0.1, 0.15) is 6.54 Å². The summed E-state index contributed by atoms with van der Waals surface area (Å²) >= 11 is 0. The van der Waals surface area contributed by atoms with Crippen molar-refractivity contribution in [1.82, 2.24) is 14.7 Å². The third-order valence-corrected chi connectivity index (χ3v) is 7.68. The zero-order valence-electron chi connectivity index (χ0n) is 23.3. The first-order valence-corrected chi connectivity index (χ1v) is 14.2. The number of fused-ring (bicyclic) bond motifs is 1. The van der Waals surface area contributed by atoms with Gasteiger partial charge >= 0.3 is 11.9 Å². The molecular weight excluding hydrogens is 550 g/mol. The second-order valence-electron chi connectivity index (χ2n) is 10.8. The first kappa shape index (κ1) is 28.0. The smallest absolute Gasteiger partial charge is 0.360 e. The maximum absolute atomic E-state index is 12.6. The largest absolute Gasteiger partial charge is 0.480 e. The van der Waals surface area contributed by atoms with Crippen LogP contribution in [-0.4, -0.2) is 63.5 Å². The summed E-state index contributed by atoms with van der Waals surface area (Å²) < 4.78 is 1.73. The number of aliphatic carboxylic acids is 1. The van der Waals surface area contributed by atoms with Gasteiger partial charge in [-0.3, -0.25) is 14.4 Å². The number of aliphatic hydroxyl groups is 1. The molecule has 2 heterocycles. The summed E-state index contributed by atoms with van der Waals surface area (Å²) in [5, 5.41) is 32.0. The van der Waals surface area contributed by atoms with Crippen LogP contribution in [0.25, 0.3) is 16.6 Å². The molecule has 2 aliphatic rings. The van der Waals surface area contributed by atoms with Crippen LogP contribution >= 0.6 is 0 Å². The highest BCUT2D eigenvalue weighted by molar-refractivity contribution is 6.00. The number of aliphatic hydroxyl groups excluding tert-OH is 1. The molecule has 0 atom stereocenters. The third kappa shape index (κ3) is 6.35. The number of hydrogen-bond acceptors (Lipinski definition) is 7. The molecule has 1 aromatic heterocycles. The first-order valence-electron chi connectivity index (χ1n) is 14.2. The Bertz CT molecular complexity index is 1730. The van der Waals surface area contributed by atoms with Gasteiger partial charge in [-0.15, -0.1) is 0 Å². The molecule has 4 aromatic rings. The number of amides is 2. The molecule has 2 fully saturated rings. The Morgan fingerprint density at radius 3 is 2.30 bits per heavy atom. The van der Waals surface area contributed by atoms with E-state index in [0.29, 0.717) is 16.9 Å². The van der Waals surface area contributed by atoms with E-state index < -0.39 is 11.9 Å². The normalized spacial score (nSPS) is 15.1. The fourth-order valence-corrected chi connectivity index (χ4v) is 5.16. The number of carboxylic acids is 1. The highest BCUT2D eigenvalue weighted by atomic mass is 16.4. The van der Waals surface area contributed by atoms with Crippen LogP contribution in [0.1, 0.15) is 36.0 Å². The maximum atomic E-state index is 12.6. The highest BCUT2D eigenvalue weighted by Crippen LogP contribution is 2.33. The van der Waals surface area contributed by atoms with Crippen LogP contribution in [0, 0.1) is 5.92 Å². The van der Waals surface area contributed by atoms with Gasteiger partial charge in [0.05, 0.1) is 23.5 Å². The van der Waals surface area contributed by atoms with Crippen LogP contribution in [0.5, 0.6) is 0 Å². The van der Waals surface area contributed by atoms with Crippen molar-refractivity contribution < 1.29 is 24.6 Å². The van der Waals surface area contributed by atoms with Crippen molar-refractivity contribution in [3.63, 3.8) is 0 Å². The van der Waals surface area contributed by atoms with Gasteiger partial charge in [0.2, 0.25) is 15.9 Å². The van der Waals surface area contributed by atoms with Gasteiger partial charge in [0.25, 0.3) is 0 Å². The number of nitrogens with zero attached hydrogens (tertiary/aromatic N) is 7. The summed E-state index contributed by atoms with van der Waals surface area (Å²) in [6, 6.07) is 19.5. The summed E-state index contributed by atoms with van der Waals surface area (Å²) in [6.45, 7) is 1.17. The van der Waals surface area contributed by atoms with E-state index in [0.717, 1.165) is 61.1 Å². The number of carbonyl (C=O) groups excluding carboxylic acids is 2. The summed E-state index contributed by atoms with van der Waals surface area (Å²) in [4.78, 5) is 43.7. The number of rotatable bonds is 8. The standard InChI is InChI=1S/C31H29N7O5/c39-27-13-15-36(16-14-27)24-6-3-20(4-7-24)30(42)34-35-33-23-5-12-28-22(17-23)18-32-38(28)26-10-8-25(9-11-26)37(19-29(40)41)31(43)21-1-2-21/h3-12,17-18,21,27,39H,1-2,13-16,19H2/p+1. The van der Waals surface area contributed by atoms with Crippen molar-refractivity contribution in [1.29, 1.82) is 0 Å². The van der Waals surface area contributed by atoms with Crippen LogP contribution < -0.4 is 14.7 Å². The molecule has 12 heteroatoms. The number of anilines is 2. The second-order valence-corrected chi connectivity index (χ2v) is 10.8. The minimum atomic E-state index is -1.06. The lowest BCUT2D eigenvalue weighted by molar-refractivity contribution is -0.136. The molecule has 0 radical (unpaired) electrons. The molecule has 3 aromatic carbocycles. The van der Waals surface area contributed by atoms with E-state index in [2.05, 4.69) is 25.1 Å². The van der Waals surface area contributed by atoms with Gasteiger partial charge in [-0.05, 0) is 92.4 Å². The zero-order chi connectivity index (χ0) is 29.9. The van der Waals surface area contributed by atoms with Gasteiger partial charge in [-0.2, -0.15) is 5.10 Å². The summed E-state index contributed by atoms with van der Waals surface area (Å²) in [6.07, 6.45) is 4.48. The summed E-state index contributed by atoms with van der Waals surface area (Å²) in [5.41, 5.74) is 3.99. The Labute approximate surface area is 246 Å². The van der Waals surface area contributed by atoms with Crippen molar-refractivity contribution in [2.45, 2.75) is 31.8 Å². The minimum Gasteiger partial charge on any atom is -0.480 e. The molecule has 0 bridgehead atoms. The van der Waals surface area contributed by atoms with Gasteiger partial charge in [-0.1, -0.05) is 0 Å². The van der Waals surface area contributed by atoms with Crippen LogP contribution in [0.15, 0.2) is 83.2 Å². The molecule has 2 N–H and O–H groups in total. The van der Waals surface area contributed by atoms with Crippen molar-refractivity contribution in [3.8, 4) is 5.69 Å². The van der Waals surface area contributed by atoms with Gasteiger partial charge < -0.3 is 20.0 Å². The zero-order valence-corrected chi connectivity index (χ0v) is 23.3. The summed E-state index contributed by atoms with van der Waals surface area (Å²) in [7, 11) is 0. The van der Waals surface area contributed by atoms with E-state index in [1.54, 1.807) is 59.4 Å². The molecule has 0 spiro atoms. The van der Waals surface area contributed by atoms with E-state index in [9.17, 15) is 24.6 Å². The Morgan fingerprint density at radius 2 is 1.63 bits per heavy atom. The van der Waals surface area contributed by atoms with Crippen LogP contribution in [-0.2, 0) is 9.59 Å². The molecule has 1 aliphatic heterocycles. The lowest BCUT2D eigenvalue weighted by Gasteiger charge is -2.31. The molecule has 1 aliphatic carbocycles. The molecule has 1 saturated carbocycles. The molecule has 43 heavy (non-hydrogen) atoms. The number of benzene rings is 3. The van der Waals surface area contributed by atoms with Gasteiger partial charge in [-0.25, -0.2) is 4.68 Å². The van der Waals surface area contributed by atoms with E-state index >= 15 is 0 Å². The molecular formula is C31H30N7O5+. The molecule has 0 unspecified atom stereocenters. The quantitative estimate of drug-likeness (QED) is 0.233. The number of piperidine rings is 1. The number of carbonyl (C=O) groups is 3. The molecule has 6 rings (SSSR count). The SMILES string of the molecule is O=C(O)CN(C(=O)C1CC1)c1ccc(-n2ncc3cc(N=[N+]=NC(=O)c4ccc(N5CCC(O)CC5)cc4)ccc32)cc1. The molecule has 1 saturated heterocycles. The second kappa shape index (κ2) is 12.0. The van der Waals surface area contributed by atoms with Crippen molar-refractivity contribution >= 4 is 45.7 Å². The fourth-order valence-electron chi connectivity index (χ4n) is 5.16. The third-order valence-electron chi connectivity index (χ3n) is 7.68. The minimum absolute atomic E-state index is 0.0977. The predicted molar refractivity (Wildman–Crippen MR) is 159 cm³/mol. The average molecular weight is 581 g/mol. The monoisotopic (exact) mass is 580 g/mol. The van der Waals surface area contributed by atoms with Gasteiger partial charge in [0.15, 0.2) is 10.8 Å². The Morgan fingerprint density at radius 1 is 0.930 bits per heavy atom. The lowest BCUT2D eigenvalue weighted by Crippen LogP contribution is -2.36. The van der Waals surface area contributed by atoms with Crippen molar-refractivity contribution in [2.24, 2.45) is 16.1 Å².